The Morgan fingerprint density at radius 1 is 1.14 bits per heavy atom. The quantitative estimate of drug-likeness (QED) is 0.772. The molecule has 2 saturated heterocycles. The molecule has 1 spiro atoms. The lowest BCUT2D eigenvalue weighted by Gasteiger charge is -2.41. The van der Waals surface area contributed by atoms with Crippen molar-refractivity contribution in [3.63, 3.8) is 0 Å². The fraction of sp³-hybridized carbons (Fsp3) is 0.652. The second kappa shape index (κ2) is 7.98. The lowest BCUT2D eigenvalue weighted by molar-refractivity contribution is -0.153. The Bertz CT molecular complexity index is 735. The Labute approximate surface area is 173 Å². The highest BCUT2D eigenvalue weighted by Gasteiger charge is 2.52. The van der Waals surface area contributed by atoms with Crippen molar-refractivity contribution in [1.82, 2.24) is 9.80 Å². The van der Waals surface area contributed by atoms with Crippen molar-refractivity contribution >= 4 is 17.6 Å². The Balaban J connectivity index is 1.42. The summed E-state index contributed by atoms with van der Waals surface area (Å²) in [5, 5.41) is 3.56. The number of nitrogens with one attached hydrogen (secondary N) is 1. The van der Waals surface area contributed by atoms with Crippen LogP contribution in [0.1, 0.15) is 44.9 Å². The highest BCUT2D eigenvalue weighted by Crippen LogP contribution is 2.44. The van der Waals surface area contributed by atoms with Gasteiger partial charge in [0.05, 0.1) is 5.41 Å². The van der Waals surface area contributed by atoms with E-state index in [2.05, 4.69) is 10.2 Å². The van der Waals surface area contributed by atoms with Gasteiger partial charge in [0.2, 0.25) is 5.91 Å². The first-order valence-corrected chi connectivity index (χ1v) is 10.9. The highest BCUT2D eigenvalue weighted by atomic mass is 16.6. The van der Waals surface area contributed by atoms with Crippen LogP contribution < -0.4 is 5.32 Å². The van der Waals surface area contributed by atoms with Crippen molar-refractivity contribution in [2.45, 2.75) is 56.6 Å². The molecule has 1 atom stereocenters. The van der Waals surface area contributed by atoms with Crippen LogP contribution in [0, 0.1) is 5.41 Å². The summed E-state index contributed by atoms with van der Waals surface area (Å²) in [6, 6.07) is 10.0. The number of hydrogen-bond donors (Lipinski definition) is 1. The molecule has 1 N–H and O–H groups in total. The molecule has 0 bridgehead atoms. The van der Waals surface area contributed by atoms with Crippen molar-refractivity contribution in [2.75, 3.05) is 39.0 Å². The van der Waals surface area contributed by atoms with Gasteiger partial charge >= 0.3 is 5.97 Å². The molecule has 0 radical (unpaired) electrons. The van der Waals surface area contributed by atoms with Crippen molar-refractivity contribution in [2.24, 2.45) is 5.41 Å². The van der Waals surface area contributed by atoms with E-state index in [1.54, 1.807) is 0 Å². The number of esters is 1. The van der Waals surface area contributed by atoms with Crippen LogP contribution in [0.5, 0.6) is 0 Å². The van der Waals surface area contributed by atoms with Crippen LogP contribution in [-0.4, -0.2) is 67.0 Å². The fourth-order valence-electron chi connectivity index (χ4n) is 5.36. The Kier molecular flexibility index (Phi) is 5.56. The van der Waals surface area contributed by atoms with Gasteiger partial charge in [-0.3, -0.25) is 9.59 Å². The van der Waals surface area contributed by atoms with Gasteiger partial charge in [-0.1, -0.05) is 31.0 Å². The van der Waals surface area contributed by atoms with E-state index >= 15 is 0 Å². The first kappa shape index (κ1) is 20.2. The molecule has 0 aromatic heterocycles. The van der Waals surface area contributed by atoms with Crippen molar-refractivity contribution in [1.29, 1.82) is 0 Å². The molecule has 2 aliphatic heterocycles. The molecule has 158 valence electrons. The number of benzene rings is 1. The van der Waals surface area contributed by atoms with Gasteiger partial charge in [0.25, 0.3) is 0 Å². The third-order valence-corrected chi connectivity index (χ3v) is 6.93. The van der Waals surface area contributed by atoms with E-state index in [4.69, 9.17) is 4.74 Å². The number of ether oxygens (including phenoxy) is 1. The molecular formula is C23H33N3O3. The molecule has 1 aliphatic carbocycles. The number of hydrogen-bond acceptors (Lipinski definition) is 5. The summed E-state index contributed by atoms with van der Waals surface area (Å²) < 4.78 is 5.66. The predicted molar refractivity (Wildman–Crippen MR) is 113 cm³/mol. The first-order valence-electron chi connectivity index (χ1n) is 10.9. The molecule has 3 aliphatic rings. The average molecular weight is 400 g/mol. The minimum atomic E-state index is -0.504. The second-order valence-corrected chi connectivity index (χ2v) is 9.35. The molecule has 1 aromatic carbocycles. The summed E-state index contributed by atoms with van der Waals surface area (Å²) in [6.45, 7) is 2.04. The van der Waals surface area contributed by atoms with Crippen LogP contribution in [-0.2, 0) is 14.3 Å². The molecule has 29 heavy (non-hydrogen) atoms. The number of carbonyl (C=O) groups excluding carboxylic acids is 2. The normalized spacial score (nSPS) is 25.4. The van der Waals surface area contributed by atoms with Crippen molar-refractivity contribution in [3.8, 4) is 0 Å². The molecule has 1 aromatic rings. The lowest BCUT2D eigenvalue weighted by Crippen LogP contribution is -2.55. The number of likely N-dealkylation sites (N-methyl/N-ethyl adjacent to an activating group) is 1. The Morgan fingerprint density at radius 2 is 1.79 bits per heavy atom. The summed E-state index contributed by atoms with van der Waals surface area (Å²) in [7, 11) is 4.00. The van der Waals surface area contributed by atoms with E-state index in [0.29, 0.717) is 25.9 Å². The van der Waals surface area contributed by atoms with E-state index in [-0.39, 0.29) is 18.0 Å². The van der Waals surface area contributed by atoms with Gasteiger partial charge in [0.1, 0.15) is 11.6 Å². The number of amides is 1. The molecule has 1 amide bonds. The monoisotopic (exact) mass is 399 g/mol. The van der Waals surface area contributed by atoms with Gasteiger partial charge in [-0.2, -0.15) is 0 Å². The zero-order valence-electron chi connectivity index (χ0n) is 17.7. The summed E-state index contributed by atoms with van der Waals surface area (Å²) in [5.41, 5.74) is 0.102. The van der Waals surface area contributed by atoms with E-state index < -0.39 is 11.0 Å². The zero-order chi connectivity index (χ0) is 20.5. The minimum absolute atomic E-state index is 0.0272. The van der Waals surface area contributed by atoms with Crippen LogP contribution >= 0.6 is 0 Å². The average Bonchev–Trinajstić information content (AvgIpc) is 3.28. The van der Waals surface area contributed by atoms with Crippen LogP contribution in [0.15, 0.2) is 30.3 Å². The standard InChI is InChI=1S/C23H33N3O3/c1-25(2)17-19-16-22(21(28)29-19)12-14-26(15-13-22)20(27)23(10-6-7-11-23)24-18-8-4-3-5-9-18/h3-5,8-9,19,24H,6-7,10-17H2,1-2H3. The summed E-state index contributed by atoms with van der Waals surface area (Å²) >= 11 is 0. The number of carbonyl (C=O) groups is 2. The topological polar surface area (TPSA) is 61.9 Å². The number of anilines is 1. The highest BCUT2D eigenvalue weighted by molar-refractivity contribution is 5.90. The maximum absolute atomic E-state index is 13.6. The molecule has 6 heteroatoms. The van der Waals surface area contributed by atoms with Gasteiger partial charge in [-0.05, 0) is 51.9 Å². The van der Waals surface area contributed by atoms with Gasteiger partial charge in [-0.25, -0.2) is 0 Å². The maximum Gasteiger partial charge on any atom is 0.312 e. The van der Waals surface area contributed by atoms with Crippen LogP contribution in [0.2, 0.25) is 0 Å². The summed E-state index contributed by atoms with van der Waals surface area (Å²) in [5.74, 6) is 0.138. The third kappa shape index (κ3) is 4.00. The number of nitrogens with zero attached hydrogens (tertiary/aromatic N) is 2. The molecular weight excluding hydrogens is 366 g/mol. The van der Waals surface area contributed by atoms with Crippen LogP contribution in [0.4, 0.5) is 5.69 Å². The Hall–Kier alpha value is -2.08. The van der Waals surface area contributed by atoms with Gasteiger partial charge < -0.3 is 19.9 Å². The van der Waals surface area contributed by atoms with E-state index in [9.17, 15) is 9.59 Å². The largest absolute Gasteiger partial charge is 0.461 e. The molecule has 1 unspecified atom stereocenters. The summed E-state index contributed by atoms with van der Waals surface area (Å²) in [4.78, 5) is 30.2. The zero-order valence-corrected chi connectivity index (χ0v) is 17.7. The second-order valence-electron chi connectivity index (χ2n) is 9.35. The Morgan fingerprint density at radius 3 is 2.41 bits per heavy atom. The van der Waals surface area contributed by atoms with Crippen LogP contribution in [0.3, 0.4) is 0 Å². The van der Waals surface area contributed by atoms with Gasteiger partial charge in [0.15, 0.2) is 0 Å². The van der Waals surface area contributed by atoms with E-state index in [1.807, 2.05) is 49.3 Å². The predicted octanol–water partition coefficient (Wildman–Crippen LogP) is 2.90. The molecule has 3 fully saturated rings. The van der Waals surface area contributed by atoms with E-state index in [1.165, 1.54) is 0 Å². The summed E-state index contributed by atoms with van der Waals surface area (Å²) in [6.07, 6.45) is 6.06. The van der Waals surface area contributed by atoms with Gasteiger partial charge in [0, 0.05) is 31.7 Å². The fourth-order valence-corrected chi connectivity index (χ4v) is 5.36. The van der Waals surface area contributed by atoms with E-state index in [0.717, 1.165) is 44.3 Å². The number of para-hydroxylation sites is 1. The van der Waals surface area contributed by atoms with Crippen molar-refractivity contribution < 1.29 is 14.3 Å². The maximum atomic E-state index is 13.6. The SMILES string of the molecule is CN(C)CC1CC2(CCN(C(=O)C3(Nc4ccccc4)CCCC3)CC2)C(=O)O1. The van der Waals surface area contributed by atoms with Crippen LogP contribution in [0.25, 0.3) is 0 Å². The minimum Gasteiger partial charge on any atom is -0.461 e. The molecule has 4 rings (SSSR count). The third-order valence-electron chi connectivity index (χ3n) is 6.93. The number of rotatable bonds is 5. The number of likely N-dealkylation sites (tertiary alicyclic amines) is 1. The molecule has 6 nitrogen and oxygen atoms in total. The molecule has 1 saturated carbocycles. The van der Waals surface area contributed by atoms with Crippen molar-refractivity contribution in [3.05, 3.63) is 30.3 Å². The molecule has 2 heterocycles. The number of piperidine rings is 1. The van der Waals surface area contributed by atoms with Gasteiger partial charge in [-0.15, -0.1) is 0 Å². The lowest BCUT2D eigenvalue weighted by atomic mass is 9.75. The first-order chi connectivity index (χ1) is 13.9. The number of cyclic esters (lactones) is 1. The smallest absolute Gasteiger partial charge is 0.312 e.